The van der Waals surface area contributed by atoms with Crippen molar-refractivity contribution in [2.24, 2.45) is 0 Å². The monoisotopic (exact) mass is 598 g/mol. The molecule has 0 spiro atoms. The van der Waals surface area contributed by atoms with Crippen molar-refractivity contribution in [3.05, 3.63) is 48.5 Å². The standard InChI is InChI=1S/C24H30N4O4S5/c1-23(11-13-36(29,30)15-23)27-21(33)25-17-3-7-19(8-4-17)35-20-9-5-18(6-10-20)26-22(34)28-24(2)12-14-37(31,32)16-24/h3-10H,11-16H2,1-2H3,(H2,25,27,33)(H2,26,28,34). The molecule has 0 bridgehead atoms. The fourth-order valence-corrected chi connectivity index (χ4v) is 10.2. The van der Waals surface area contributed by atoms with E-state index in [-0.39, 0.29) is 23.0 Å². The molecule has 0 radical (unpaired) electrons. The van der Waals surface area contributed by atoms with Gasteiger partial charge in [0.15, 0.2) is 29.9 Å². The summed E-state index contributed by atoms with van der Waals surface area (Å²) < 4.78 is 47.2. The second-order valence-electron chi connectivity index (χ2n) is 10.1. The maximum atomic E-state index is 11.8. The first kappa shape index (κ1) is 28.1. The summed E-state index contributed by atoms with van der Waals surface area (Å²) >= 11 is 12.4. The molecule has 2 atom stereocenters. The van der Waals surface area contributed by atoms with Crippen molar-refractivity contribution in [2.75, 3.05) is 33.6 Å². The number of hydrogen-bond acceptors (Lipinski definition) is 7. The van der Waals surface area contributed by atoms with Crippen LogP contribution in [0.2, 0.25) is 0 Å². The lowest BCUT2D eigenvalue weighted by molar-refractivity contribution is 0.474. The first-order valence-electron chi connectivity index (χ1n) is 11.7. The summed E-state index contributed by atoms with van der Waals surface area (Å²) in [6.45, 7) is 3.75. The molecule has 8 nitrogen and oxygen atoms in total. The van der Waals surface area contributed by atoms with Gasteiger partial charge in [-0.1, -0.05) is 11.8 Å². The van der Waals surface area contributed by atoms with E-state index in [1.165, 1.54) is 0 Å². The summed E-state index contributed by atoms with van der Waals surface area (Å²) in [4.78, 5) is 2.10. The Morgan fingerprint density at radius 3 is 1.35 bits per heavy atom. The Morgan fingerprint density at radius 1 is 0.703 bits per heavy atom. The van der Waals surface area contributed by atoms with Gasteiger partial charge in [-0.15, -0.1) is 0 Å². The third-order valence-corrected chi connectivity index (χ3v) is 11.5. The largest absolute Gasteiger partial charge is 0.356 e. The quantitative estimate of drug-likeness (QED) is 0.366. The lowest BCUT2D eigenvalue weighted by Gasteiger charge is -2.26. The summed E-state index contributed by atoms with van der Waals surface area (Å²) in [5.74, 6) is 0.518. The van der Waals surface area contributed by atoms with Crippen molar-refractivity contribution < 1.29 is 16.8 Å². The summed E-state index contributed by atoms with van der Waals surface area (Å²) in [5, 5.41) is 13.4. The van der Waals surface area contributed by atoms with E-state index in [4.69, 9.17) is 24.4 Å². The Labute approximate surface area is 233 Å². The van der Waals surface area contributed by atoms with Crippen LogP contribution in [0.3, 0.4) is 0 Å². The van der Waals surface area contributed by atoms with E-state index in [1.807, 2.05) is 62.4 Å². The molecule has 2 aliphatic heterocycles. The molecule has 2 unspecified atom stereocenters. The Balaban J connectivity index is 1.26. The first-order valence-corrected chi connectivity index (χ1v) is 17.0. The Morgan fingerprint density at radius 2 is 1.05 bits per heavy atom. The zero-order valence-corrected chi connectivity index (χ0v) is 24.6. The first-order chi connectivity index (χ1) is 17.2. The Kier molecular flexibility index (Phi) is 8.11. The molecule has 2 aromatic carbocycles. The van der Waals surface area contributed by atoms with Crippen LogP contribution in [-0.4, -0.2) is 61.1 Å². The normalized spacial score (nSPS) is 25.8. The maximum absolute atomic E-state index is 11.8. The number of rotatable bonds is 6. The van der Waals surface area contributed by atoms with E-state index < -0.39 is 30.8 Å². The molecule has 13 heteroatoms. The fourth-order valence-electron chi connectivity index (χ4n) is 4.44. The molecule has 4 N–H and O–H groups in total. The van der Waals surface area contributed by atoms with Gasteiger partial charge in [-0.3, -0.25) is 0 Å². The van der Waals surface area contributed by atoms with Crippen LogP contribution < -0.4 is 21.3 Å². The van der Waals surface area contributed by atoms with Crippen molar-refractivity contribution in [1.82, 2.24) is 10.6 Å². The number of sulfone groups is 2. The zero-order chi connectivity index (χ0) is 26.9. The van der Waals surface area contributed by atoms with Crippen molar-refractivity contribution in [2.45, 2.75) is 47.6 Å². The number of anilines is 2. The predicted molar refractivity (Wildman–Crippen MR) is 159 cm³/mol. The molecular formula is C24H30N4O4S5. The van der Waals surface area contributed by atoms with E-state index in [2.05, 4.69) is 21.3 Å². The van der Waals surface area contributed by atoms with Gasteiger partial charge in [0.1, 0.15) is 0 Å². The van der Waals surface area contributed by atoms with Crippen molar-refractivity contribution in [3.63, 3.8) is 0 Å². The highest BCUT2D eigenvalue weighted by Crippen LogP contribution is 2.30. The van der Waals surface area contributed by atoms with Crippen LogP contribution in [0.5, 0.6) is 0 Å². The van der Waals surface area contributed by atoms with Crippen LogP contribution in [0.15, 0.2) is 58.3 Å². The molecule has 2 fully saturated rings. The molecular weight excluding hydrogens is 569 g/mol. The van der Waals surface area contributed by atoms with E-state index in [9.17, 15) is 16.8 Å². The van der Waals surface area contributed by atoms with E-state index >= 15 is 0 Å². The van der Waals surface area contributed by atoms with Gasteiger partial charge in [0.25, 0.3) is 0 Å². The molecule has 4 rings (SSSR count). The molecule has 0 saturated carbocycles. The van der Waals surface area contributed by atoms with E-state index in [0.717, 1.165) is 21.2 Å². The van der Waals surface area contributed by atoms with Crippen molar-refractivity contribution >= 4 is 77.5 Å². The minimum absolute atomic E-state index is 0.0811. The maximum Gasteiger partial charge on any atom is 0.171 e. The van der Waals surface area contributed by atoms with Crippen molar-refractivity contribution in [3.8, 4) is 0 Å². The molecule has 2 saturated heterocycles. The summed E-state index contributed by atoms with van der Waals surface area (Å²) in [6, 6.07) is 15.6. The van der Waals surface area contributed by atoms with E-state index in [0.29, 0.717) is 23.1 Å². The minimum atomic E-state index is -3.01. The van der Waals surface area contributed by atoms with Crippen LogP contribution in [0.4, 0.5) is 11.4 Å². The molecule has 2 aliphatic rings. The number of thiocarbonyl (C=S) groups is 2. The lowest BCUT2D eigenvalue weighted by Crippen LogP contribution is -2.48. The average molecular weight is 599 g/mol. The third kappa shape index (κ3) is 8.03. The number of nitrogens with one attached hydrogen (secondary N) is 4. The molecule has 2 aromatic rings. The molecule has 0 aromatic heterocycles. The average Bonchev–Trinajstić information content (AvgIpc) is 3.22. The lowest BCUT2D eigenvalue weighted by atomic mass is 10.0. The fraction of sp³-hybridized carbons (Fsp3) is 0.417. The zero-order valence-electron chi connectivity index (χ0n) is 20.5. The van der Waals surface area contributed by atoms with Gasteiger partial charge in [-0.25, -0.2) is 16.8 Å². The van der Waals surface area contributed by atoms with Gasteiger partial charge < -0.3 is 21.3 Å². The Bertz CT molecular complexity index is 1290. The highest BCUT2D eigenvalue weighted by atomic mass is 32.2. The second kappa shape index (κ2) is 10.7. The van der Waals surface area contributed by atoms with Crippen LogP contribution in [-0.2, 0) is 19.7 Å². The van der Waals surface area contributed by atoms with Gasteiger partial charge in [0.2, 0.25) is 0 Å². The topological polar surface area (TPSA) is 116 Å². The van der Waals surface area contributed by atoms with Gasteiger partial charge in [0.05, 0.1) is 34.1 Å². The number of benzene rings is 2. The van der Waals surface area contributed by atoms with Crippen LogP contribution in [0.1, 0.15) is 26.7 Å². The summed E-state index contributed by atoms with van der Waals surface area (Å²) in [5.41, 5.74) is 0.537. The SMILES string of the molecule is CC1(NC(=S)Nc2ccc(Sc3ccc(NC(=S)NC4(C)CCS(=O)(=O)C4)cc3)cc2)CCS(=O)(=O)C1. The molecule has 0 amide bonds. The molecule has 2 heterocycles. The van der Waals surface area contributed by atoms with Gasteiger partial charge in [-0.05, 0) is 99.7 Å². The minimum Gasteiger partial charge on any atom is -0.356 e. The summed E-state index contributed by atoms with van der Waals surface area (Å²) in [6.07, 6.45) is 1.07. The summed E-state index contributed by atoms with van der Waals surface area (Å²) in [7, 11) is -6.03. The van der Waals surface area contributed by atoms with Gasteiger partial charge in [0, 0.05) is 21.2 Å². The van der Waals surface area contributed by atoms with E-state index in [1.54, 1.807) is 11.8 Å². The highest BCUT2D eigenvalue weighted by molar-refractivity contribution is 7.99. The number of hydrogen-bond donors (Lipinski definition) is 4. The van der Waals surface area contributed by atoms with Crippen molar-refractivity contribution in [1.29, 1.82) is 0 Å². The van der Waals surface area contributed by atoms with Crippen LogP contribution in [0, 0.1) is 0 Å². The molecule has 0 aliphatic carbocycles. The van der Waals surface area contributed by atoms with Gasteiger partial charge in [-0.2, -0.15) is 0 Å². The predicted octanol–water partition coefficient (Wildman–Crippen LogP) is 3.57. The van der Waals surface area contributed by atoms with Gasteiger partial charge >= 0.3 is 0 Å². The Hall–Kier alpha value is -1.93. The third-order valence-electron chi connectivity index (χ3n) is 6.30. The molecule has 200 valence electrons. The van der Waals surface area contributed by atoms with Crippen LogP contribution in [0.25, 0.3) is 0 Å². The van der Waals surface area contributed by atoms with Crippen LogP contribution >= 0.6 is 36.2 Å². The second-order valence-corrected chi connectivity index (χ2v) is 16.4. The highest BCUT2D eigenvalue weighted by Gasteiger charge is 2.39. The smallest absolute Gasteiger partial charge is 0.171 e. The molecule has 37 heavy (non-hydrogen) atoms.